The van der Waals surface area contributed by atoms with Gasteiger partial charge >= 0.3 is 0 Å². The number of aryl methyl sites for hydroxylation is 2. The van der Waals surface area contributed by atoms with E-state index in [9.17, 15) is 16.8 Å². The van der Waals surface area contributed by atoms with Crippen molar-refractivity contribution in [3.63, 3.8) is 0 Å². The molecule has 2 aromatic rings. The second-order valence-electron chi connectivity index (χ2n) is 6.75. The number of hydrogen-bond acceptors (Lipinski definition) is 5. The topological polar surface area (TPSA) is 80.8 Å². The van der Waals surface area contributed by atoms with E-state index in [-0.39, 0.29) is 9.79 Å². The summed E-state index contributed by atoms with van der Waals surface area (Å²) in [5.41, 5.74) is 2.30. The maximum absolute atomic E-state index is 13.2. The van der Waals surface area contributed by atoms with Crippen LogP contribution in [0, 0.1) is 13.8 Å². The Morgan fingerprint density at radius 1 is 0.963 bits per heavy atom. The third kappa shape index (κ3) is 3.80. The van der Waals surface area contributed by atoms with Crippen LogP contribution in [0.2, 0.25) is 0 Å². The van der Waals surface area contributed by atoms with Gasteiger partial charge in [0.05, 0.1) is 22.9 Å². The molecule has 0 radical (unpaired) electrons. The van der Waals surface area contributed by atoms with Gasteiger partial charge in [-0.1, -0.05) is 35.4 Å². The lowest BCUT2D eigenvalue weighted by Crippen LogP contribution is -2.31. The average molecular weight is 410 g/mol. The molecule has 1 heterocycles. The van der Waals surface area contributed by atoms with Gasteiger partial charge in [0.15, 0.2) is 0 Å². The summed E-state index contributed by atoms with van der Waals surface area (Å²) >= 11 is 0. The Kier molecular flexibility index (Phi) is 5.45. The fourth-order valence-electron chi connectivity index (χ4n) is 3.43. The van der Waals surface area contributed by atoms with Crippen molar-refractivity contribution in [2.45, 2.75) is 42.5 Å². The van der Waals surface area contributed by atoms with Gasteiger partial charge in [-0.05, 0) is 50.5 Å². The second-order valence-corrected chi connectivity index (χ2v) is 10.3. The summed E-state index contributed by atoms with van der Waals surface area (Å²) in [7, 11) is -6.58. The van der Waals surface area contributed by atoms with Crippen molar-refractivity contribution in [3.05, 3.63) is 59.2 Å². The van der Waals surface area contributed by atoms with Crippen molar-refractivity contribution in [3.8, 4) is 0 Å². The molecule has 0 amide bonds. The molecule has 1 fully saturated rings. The summed E-state index contributed by atoms with van der Waals surface area (Å²) in [6, 6.07) is 11.0. The molecule has 1 saturated heterocycles. The van der Waals surface area contributed by atoms with Crippen LogP contribution in [0.15, 0.2) is 52.3 Å². The molecule has 0 N–H and O–H groups in total. The van der Waals surface area contributed by atoms with Gasteiger partial charge in [-0.2, -0.15) is 12.7 Å². The molecular formula is C19H23NO5S2. The lowest BCUT2D eigenvalue weighted by Gasteiger charge is -2.26. The Hall–Kier alpha value is -1.74. The van der Waals surface area contributed by atoms with Gasteiger partial charge in [-0.25, -0.2) is 8.42 Å². The van der Waals surface area contributed by atoms with Crippen molar-refractivity contribution >= 4 is 20.1 Å². The van der Waals surface area contributed by atoms with Crippen molar-refractivity contribution < 1.29 is 21.0 Å². The molecular weight excluding hydrogens is 386 g/mol. The molecule has 6 nitrogen and oxygen atoms in total. The van der Waals surface area contributed by atoms with Crippen LogP contribution >= 0.6 is 0 Å². The van der Waals surface area contributed by atoms with Gasteiger partial charge in [0, 0.05) is 6.54 Å². The third-order valence-electron chi connectivity index (χ3n) is 4.84. The first-order valence-electron chi connectivity index (χ1n) is 8.66. The van der Waals surface area contributed by atoms with Crippen molar-refractivity contribution in [1.82, 2.24) is 4.31 Å². The predicted octanol–water partition coefficient (Wildman–Crippen LogP) is 3.16. The zero-order chi connectivity index (χ0) is 19.8. The highest BCUT2D eigenvalue weighted by atomic mass is 32.2. The lowest BCUT2D eigenvalue weighted by molar-refractivity contribution is 0.380. The molecule has 0 aromatic heterocycles. The van der Waals surface area contributed by atoms with E-state index in [0.717, 1.165) is 18.2 Å². The third-order valence-corrected chi connectivity index (χ3v) is 8.12. The van der Waals surface area contributed by atoms with Gasteiger partial charge in [0.2, 0.25) is 10.0 Å². The molecule has 0 bridgehead atoms. The van der Waals surface area contributed by atoms with Crippen LogP contribution in [-0.2, 0) is 24.3 Å². The van der Waals surface area contributed by atoms with Crippen LogP contribution in [0.1, 0.15) is 35.6 Å². The fourth-order valence-corrected chi connectivity index (χ4v) is 6.00. The smallest absolute Gasteiger partial charge is 0.270 e. The van der Waals surface area contributed by atoms with Crippen molar-refractivity contribution in [2.75, 3.05) is 13.7 Å². The molecule has 0 saturated carbocycles. The quantitative estimate of drug-likeness (QED) is 0.709. The molecule has 1 aliphatic rings. The van der Waals surface area contributed by atoms with E-state index in [1.807, 2.05) is 13.8 Å². The fraction of sp³-hybridized carbons (Fsp3) is 0.368. The molecule has 1 aliphatic heterocycles. The Morgan fingerprint density at radius 3 is 2.22 bits per heavy atom. The minimum Gasteiger partial charge on any atom is -0.270 e. The standard InChI is InChI=1S/C19H23NO5S2/c1-14-6-9-16(10-7-14)26(21,22)20-12-4-5-18(20)17-13-15(2)8-11-19(17)27(23,24)25-3/h6-11,13,18H,4-5,12H2,1-3H3/t18-/m1/s1. The van der Waals surface area contributed by atoms with Gasteiger partial charge in [0.25, 0.3) is 10.1 Å². The predicted molar refractivity (Wildman–Crippen MR) is 102 cm³/mol. The molecule has 3 rings (SSSR count). The van der Waals surface area contributed by atoms with Crippen LogP contribution in [0.25, 0.3) is 0 Å². The highest BCUT2D eigenvalue weighted by Crippen LogP contribution is 2.39. The first kappa shape index (κ1) is 20.0. The Morgan fingerprint density at radius 2 is 1.59 bits per heavy atom. The zero-order valence-corrected chi connectivity index (χ0v) is 17.2. The van der Waals surface area contributed by atoms with Crippen LogP contribution in [0.3, 0.4) is 0 Å². The molecule has 27 heavy (non-hydrogen) atoms. The lowest BCUT2D eigenvalue weighted by atomic mass is 10.0. The number of benzene rings is 2. The molecule has 1 atom stereocenters. The Balaban J connectivity index is 2.10. The minimum absolute atomic E-state index is 0.0200. The number of sulfonamides is 1. The molecule has 0 aliphatic carbocycles. The van der Waals surface area contributed by atoms with Crippen molar-refractivity contribution in [2.24, 2.45) is 0 Å². The second kappa shape index (κ2) is 7.35. The summed E-state index contributed by atoms with van der Waals surface area (Å²) in [6.07, 6.45) is 1.22. The zero-order valence-electron chi connectivity index (χ0n) is 15.5. The van der Waals surface area contributed by atoms with Gasteiger partial charge in [-0.3, -0.25) is 4.18 Å². The van der Waals surface area contributed by atoms with Crippen LogP contribution < -0.4 is 0 Å². The molecule has 8 heteroatoms. The van der Waals surface area contributed by atoms with E-state index in [2.05, 4.69) is 4.18 Å². The summed E-state index contributed by atoms with van der Waals surface area (Å²) in [5.74, 6) is 0. The van der Waals surface area contributed by atoms with Gasteiger partial charge in [-0.15, -0.1) is 0 Å². The summed E-state index contributed by atoms with van der Waals surface area (Å²) in [4.78, 5) is 0.232. The number of rotatable bonds is 5. The van der Waals surface area contributed by atoms with Crippen molar-refractivity contribution in [1.29, 1.82) is 0 Å². The van der Waals surface area contributed by atoms with E-state index in [1.54, 1.807) is 36.4 Å². The SMILES string of the molecule is COS(=O)(=O)c1ccc(C)cc1[C@H]1CCCN1S(=O)(=O)c1ccc(C)cc1. The molecule has 0 spiro atoms. The van der Waals surface area contributed by atoms with E-state index in [0.29, 0.717) is 24.9 Å². The van der Waals surface area contributed by atoms with Crippen LogP contribution in [0.4, 0.5) is 0 Å². The number of nitrogens with zero attached hydrogens (tertiary/aromatic N) is 1. The first-order valence-corrected chi connectivity index (χ1v) is 11.5. The van der Waals surface area contributed by atoms with E-state index >= 15 is 0 Å². The Bertz CT molecular complexity index is 1040. The van der Waals surface area contributed by atoms with Gasteiger partial charge < -0.3 is 0 Å². The highest BCUT2D eigenvalue weighted by Gasteiger charge is 2.38. The monoisotopic (exact) mass is 409 g/mol. The van der Waals surface area contributed by atoms with Crippen LogP contribution in [-0.4, -0.2) is 34.8 Å². The Labute approximate surface area is 161 Å². The molecule has 146 valence electrons. The molecule has 2 aromatic carbocycles. The molecule has 0 unspecified atom stereocenters. The first-order chi connectivity index (χ1) is 12.7. The van der Waals surface area contributed by atoms with E-state index in [1.165, 1.54) is 10.4 Å². The van der Waals surface area contributed by atoms with Crippen LogP contribution in [0.5, 0.6) is 0 Å². The summed E-state index contributed by atoms with van der Waals surface area (Å²) in [5, 5.41) is 0. The van der Waals surface area contributed by atoms with E-state index in [4.69, 9.17) is 0 Å². The summed E-state index contributed by atoms with van der Waals surface area (Å²) in [6.45, 7) is 4.09. The number of hydrogen-bond donors (Lipinski definition) is 0. The largest absolute Gasteiger partial charge is 0.297 e. The normalized spacial score (nSPS) is 18.7. The maximum atomic E-state index is 13.2. The summed E-state index contributed by atoms with van der Waals surface area (Å²) < 4.78 is 57.2. The average Bonchev–Trinajstić information content (AvgIpc) is 3.12. The highest BCUT2D eigenvalue weighted by molar-refractivity contribution is 7.89. The maximum Gasteiger partial charge on any atom is 0.297 e. The van der Waals surface area contributed by atoms with E-state index < -0.39 is 26.2 Å². The minimum atomic E-state index is -3.94. The van der Waals surface area contributed by atoms with Gasteiger partial charge in [0.1, 0.15) is 0 Å².